The molecule has 0 spiro atoms. The summed E-state index contributed by atoms with van der Waals surface area (Å²) in [6, 6.07) is 0. The summed E-state index contributed by atoms with van der Waals surface area (Å²) >= 11 is 9.34. The lowest BCUT2D eigenvalue weighted by Crippen LogP contribution is -2.12. The first-order valence-electron chi connectivity index (χ1n) is 3.95. The summed E-state index contributed by atoms with van der Waals surface area (Å²) in [6.45, 7) is 9.08. The van der Waals surface area contributed by atoms with Crippen LogP contribution in [0.2, 0.25) is 0 Å². The molecule has 0 rings (SSSR count). The third-order valence-corrected chi connectivity index (χ3v) is 3.30. The Labute approximate surface area is 81.7 Å². The average Bonchev–Trinajstić information content (AvgIpc) is 1.53. The van der Waals surface area contributed by atoms with Crippen molar-refractivity contribution in [1.82, 2.24) is 0 Å². The van der Waals surface area contributed by atoms with Crippen LogP contribution >= 0.6 is 18.1 Å². The third-order valence-electron chi connectivity index (χ3n) is 1.43. The average molecular weight is 209 g/mol. The molecule has 0 aromatic heterocycles. The normalized spacial score (nSPS) is 16.3. The van der Waals surface area contributed by atoms with Crippen LogP contribution in [0.25, 0.3) is 0 Å². The molecule has 0 amide bonds. The van der Waals surface area contributed by atoms with Crippen LogP contribution in [0.1, 0.15) is 34.1 Å². The van der Waals surface area contributed by atoms with Crippen LogP contribution in [-0.2, 0) is 11.8 Å². The second-order valence-corrected chi connectivity index (χ2v) is 9.06. The Balaban J connectivity index is 3.69. The van der Waals surface area contributed by atoms with E-state index < -0.39 is 5.90 Å². The fourth-order valence-corrected chi connectivity index (χ4v) is 3.64. The third kappa shape index (κ3) is 8.78. The predicted molar refractivity (Wildman–Crippen MR) is 61.4 cm³/mol. The van der Waals surface area contributed by atoms with E-state index in [1.54, 1.807) is 0 Å². The summed E-state index contributed by atoms with van der Waals surface area (Å²) in [4.78, 5) is 0. The van der Waals surface area contributed by atoms with Crippen LogP contribution < -0.4 is 0 Å². The van der Waals surface area contributed by atoms with Gasteiger partial charge in [0.15, 0.2) is 11.8 Å². The van der Waals surface area contributed by atoms with Gasteiger partial charge in [0.1, 0.15) is 6.16 Å². The van der Waals surface area contributed by atoms with Gasteiger partial charge in [-0.3, -0.25) is 0 Å². The van der Waals surface area contributed by atoms with Gasteiger partial charge in [-0.15, -0.1) is 0 Å². The van der Waals surface area contributed by atoms with E-state index in [0.29, 0.717) is 5.41 Å². The van der Waals surface area contributed by atoms with E-state index in [2.05, 4.69) is 39.9 Å². The van der Waals surface area contributed by atoms with Gasteiger partial charge in [-0.2, -0.15) is 0 Å². The standard InChI is InChI=1S/C8H17PS2/c1-7(6-9(10)11)5-8(2,3)4/h7H,5-6H2,1-4H3/p+1. The summed E-state index contributed by atoms with van der Waals surface area (Å²) in [5, 5.41) is 0. The smallest absolute Gasteiger partial charge is 0.0602 e. The van der Waals surface area contributed by atoms with Crippen molar-refractivity contribution in [3.63, 3.8) is 0 Å². The maximum Gasteiger partial charge on any atom is 0.242 e. The molecule has 0 saturated heterocycles. The highest BCUT2D eigenvalue weighted by molar-refractivity contribution is 8.56. The van der Waals surface area contributed by atoms with Crippen LogP contribution in [-0.4, -0.2) is 6.16 Å². The summed E-state index contributed by atoms with van der Waals surface area (Å²) < 4.78 is 0. The summed E-state index contributed by atoms with van der Waals surface area (Å²) in [7, 11) is 0. The Hall–Kier alpha value is 0.870. The molecular formula is C8H18PS2+. The molecule has 0 heterocycles. The molecule has 66 valence electrons. The van der Waals surface area contributed by atoms with Crippen molar-refractivity contribution < 1.29 is 0 Å². The van der Waals surface area contributed by atoms with Crippen molar-refractivity contribution in [3.05, 3.63) is 0 Å². The molecule has 0 aliphatic carbocycles. The van der Waals surface area contributed by atoms with E-state index in [-0.39, 0.29) is 0 Å². The fourth-order valence-electron chi connectivity index (χ4n) is 1.38. The number of rotatable bonds is 3. The Bertz CT molecular complexity index is 138. The van der Waals surface area contributed by atoms with Gasteiger partial charge in [-0.1, -0.05) is 27.7 Å². The van der Waals surface area contributed by atoms with Gasteiger partial charge in [0, 0.05) is 0 Å². The predicted octanol–water partition coefficient (Wildman–Crippen LogP) is 3.85. The van der Waals surface area contributed by atoms with Crippen LogP contribution in [0.4, 0.5) is 0 Å². The topological polar surface area (TPSA) is 0 Å². The van der Waals surface area contributed by atoms with E-state index >= 15 is 0 Å². The SMILES string of the molecule is CC(C[P+](=S)S)CC(C)(C)C. The summed E-state index contributed by atoms with van der Waals surface area (Å²) in [6.07, 6.45) is 2.37. The molecule has 0 N–H and O–H groups in total. The van der Waals surface area contributed by atoms with Gasteiger partial charge in [0.25, 0.3) is 0 Å². The summed E-state index contributed by atoms with van der Waals surface area (Å²) in [5.74, 6) is 0.317. The molecular weight excluding hydrogens is 191 g/mol. The molecule has 0 aliphatic heterocycles. The molecule has 0 aliphatic rings. The number of thiol groups is 1. The molecule has 11 heavy (non-hydrogen) atoms. The van der Waals surface area contributed by atoms with E-state index in [0.717, 1.165) is 12.1 Å². The van der Waals surface area contributed by atoms with Gasteiger partial charge < -0.3 is 0 Å². The van der Waals surface area contributed by atoms with Gasteiger partial charge in [0.2, 0.25) is 5.90 Å². The Morgan fingerprint density at radius 3 is 2.18 bits per heavy atom. The minimum absolute atomic E-state index is 0.415. The molecule has 0 fully saturated rings. The van der Waals surface area contributed by atoms with Gasteiger partial charge in [-0.25, -0.2) is 0 Å². The first kappa shape index (κ1) is 11.9. The highest BCUT2D eigenvalue weighted by Crippen LogP contribution is 2.33. The quantitative estimate of drug-likeness (QED) is 0.544. The Morgan fingerprint density at radius 2 is 1.91 bits per heavy atom. The van der Waals surface area contributed by atoms with E-state index in [1.165, 1.54) is 6.42 Å². The lowest BCUT2D eigenvalue weighted by Gasteiger charge is -2.20. The molecule has 0 nitrogen and oxygen atoms in total. The molecule has 0 radical (unpaired) electrons. The first-order chi connectivity index (χ1) is 4.81. The number of hydrogen-bond donors (Lipinski definition) is 1. The zero-order valence-electron chi connectivity index (χ0n) is 7.79. The fraction of sp³-hybridized carbons (Fsp3) is 1.00. The van der Waals surface area contributed by atoms with Crippen molar-refractivity contribution >= 4 is 30.0 Å². The maximum atomic E-state index is 5.07. The van der Waals surface area contributed by atoms with Crippen LogP contribution in [0.15, 0.2) is 0 Å². The maximum absolute atomic E-state index is 5.07. The summed E-state index contributed by atoms with van der Waals surface area (Å²) in [5.41, 5.74) is 0.438. The van der Waals surface area contributed by atoms with E-state index in [4.69, 9.17) is 11.8 Å². The van der Waals surface area contributed by atoms with Crippen molar-refractivity contribution in [1.29, 1.82) is 0 Å². The lowest BCUT2D eigenvalue weighted by atomic mass is 9.86. The van der Waals surface area contributed by atoms with Crippen LogP contribution in [0, 0.1) is 11.3 Å². The molecule has 0 saturated carbocycles. The molecule has 0 aromatic rings. The van der Waals surface area contributed by atoms with Crippen molar-refractivity contribution in [2.24, 2.45) is 11.3 Å². The molecule has 2 unspecified atom stereocenters. The second-order valence-electron chi connectivity index (χ2n) is 4.40. The van der Waals surface area contributed by atoms with Gasteiger partial charge >= 0.3 is 0 Å². The molecule has 3 heteroatoms. The van der Waals surface area contributed by atoms with Crippen LogP contribution in [0.3, 0.4) is 0 Å². The zero-order chi connectivity index (χ0) is 9.07. The molecule has 0 bridgehead atoms. The van der Waals surface area contributed by atoms with Gasteiger partial charge in [0.05, 0.1) is 12.2 Å². The van der Waals surface area contributed by atoms with Crippen molar-refractivity contribution in [2.75, 3.05) is 6.16 Å². The van der Waals surface area contributed by atoms with E-state index in [1.807, 2.05) is 0 Å². The van der Waals surface area contributed by atoms with Crippen molar-refractivity contribution in [2.45, 2.75) is 34.1 Å². The minimum atomic E-state index is -0.415. The largest absolute Gasteiger partial charge is 0.242 e. The first-order valence-corrected chi connectivity index (χ1v) is 7.64. The monoisotopic (exact) mass is 209 g/mol. The van der Waals surface area contributed by atoms with Gasteiger partial charge in [-0.05, 0) is 17.8 Å². The number of hydrogen-bond acceptors (Lipinski definition) is 1. The Kier molecular flexibility index (Phi) is 5.17. The molecule has 2 atom stereocenters. The highest BCUT2D eigenvalue weighted by atomic mass is 32.9. The minimum Gasteiger partial charge on any atom is -0.0602 e. The van der Waals surface area contributed by atoms with Crippen LogP contribution in [0.5, 0.6) is 0 Å². The van der Waals surface area contributed by atoms with E-state index in [9.17, 15) is 0 Å². The zero-order valence-corrected chi connectivity index (χ0v) is 10.4. The lowest BCUT2D eigenvalue weighted by molar-refractivity contribution is 0.323. The molecule has 0 aromatic carbocycles. The Morgan fingerprint density at radius 1 is 1.45 bits per heavy atom. The van der Waals surface area contributed by atoms with Crippen molar-refractivity contribution in [3.8, 4) is 0 Å². The second kappa shape index (κ2) is 4.79. The highest BCUT2D eigenvalue weighted by Gasteiger charge is 2.19.